The molecule has 4 nitrogen and oxygen atoms in total. The number of benzene rings is 1. The lowest BCUT2D eigenvalue weighted by molar-refractivity contribution is -0.131. The predicted octanol–water partition coefficient (Wildman–Crippen LogP) is 3.61. The lowest BCUT2D eigenvalue weighted by Crippen LogP contribution is -2.22. The fourth-order valence-corrected chi connectivity index (χ4v) is 2.59. The zero-order valence-electron chi connectivity index (χ0n) is 14.3. The van der Waals surface area contributed by atoms with Gasteiger partial charge in [0.1, 0.15) is 0 Å². The normalized spacial score (nSPS) is 14.9. The first-order valence-corrected chi connectivity index (χ1v) is 8.20. The first-order chi connectivity index (χ1) is 12.3. The van der Waals surface area contributed by atoms with Gasteiger partial charge in [-0.2, -0.15) is 0 Å². The minimum Gasteiger partial charge on any atom is -0.388 e. The Balaban J connectivity index is 2.13. The third-order valence-corrected chi connectivity index (χ3v) is 4.19. The summed E-state index contributed by atoms with van der Waals surface area (Å²) in [4.78, 5) is 15.4. The van der Waals surface area contributed by atoms with Crippen molar-refractivity contribution >= 4 is 5.78 Å². The van der Waals surface area contributed by atoms with Crippen molar-refractivity contribution in [2.45, 2.75) is 31.9 Å². The molecule has 1 aromatic carbocycles. The number of pyridine rings is 1. The lowest BCUT2D eigenvalue weighted by Gasteiger charge is -2.20. The molecule has 0 aliphatic rings. The second-order valence-corrected chi connectivity index (χ2v) is 6.21. The second-order valence-electron chi connectivity index (χ2n) is 6.21. The van der Waals surface area contributed by atoms with E-state index >= 15 is 0 Å². The van der Waals surface area contributed by atoms with Gasteiger partial charge >= 0.3 is 0 Å². The summed E-state index contributed by atoms with van der Waals surface area (Å²) in [6.45, 7) is 0.766. The minimum absolute atomic E-state index is 0.171. The number of nitrogens with zero attached hydrogens (tertiary/aromatic N) is 1. The van der Waals surface area contributed by atoms with Crippen LogP contribution in [0.5, 0.6) is 0 Å². The van der Waals surface area contributed by atoms with Gasteiger partial charge in [0, 0.05) is 30.1 Å². The Labute approximate surface area is 149 Å². The number of ketones is 1. The van der Waals surface area contributed by atoms with Gasteiger partial charge < -0.3 is 10.8 Å². The van der Waals surface area contributed by atoms with Crippen molar-refractivity contribution in [1.82, 2.24) is 4.98 Å². The second kappa shape index (κ2) is 8.91. The number of hydrogen-bond acceptors (Lipinski definition) is 4. The van der Waals surface area contributed by atoms with Crippen LogP contribution in [0.1, 0.15) is 36.7 Å². The number of carbonyl (C=O) groups excluding carboxylic acids is 1. The molecule has 0 spiro atoms. The summed E-state index contributed by atoms with van der Waals surface area (Å²) < 4.78 is 37.8. The first kappa shape index (κ1) is 20.1. The molecule has 2 aromatic rings. The molecule has 140 valence electrons. The van der Waals surface area contributed by atoms with Crippen LogP contribution in [0.3, 0.4) is 0 Å². The van der Waals surface area contributed by atoms with Crippen LogP contribution in [-0.4, -0.2) is 29.0 Å². The molecule has 1 heterocycles. The molecule has 1 unspecified atom stereocenters. The Morgan fingerprint density at radius 1 is 1.15 bits per heavy atom. The Hall–Kier alpha value is -2.25. The molecule has 0 aliphatic heterocycles. The molecule has 0 aliphatic carbocycles. The Bertz CT molecular complexity index is 719. The maximum absolute atomic E-state index is 13.1. The van der Waals surface area contributed by atoms with E-state index in [-0.39, 0.29) is 6.04 Å². The van der Waals surface area contributed by atoms with Crippen molar-refractivity contribution in [3.05, 3.63) is 53.9 Å². The number of rotatable bonds is 8. The van der Waals surface area contributed by atoms with Gasteiger partial charge in [-0.1, -0.05) is 30.3 Å². The summed E-state index contributed by atoms with van der Waals surface area (Å²) in [5.41, 5.74) is 8.54. The molecule has 1 aromatic heterocycles. The zero-order chi connectivity index (χ0) is 19.3. The largest absolute Gasteiger partial charge is 0.388 e. The van der Waals surface area contributed by atoms with E-state index in [4.69, 9.17) is 5.73 Å². The number of alkyl halides is 3. The number of aliphatic hydroxyl groups excluding tert-OH is 1. The van der Waals surface area contributed by atoms with Gasteiger partial charge in [-0.05, 0) is 24.1 Å². The van der Waals surface area contributed by atoms with Gasteiger partial charge in [-0.3, -0.25) is 14.2 Å². The smallest absolute Gasteiger partial charge is 0.295 e. The van der Waals surface area contributed by atoms with Crippen LogP contribution in [0.4, 0.5) is 13.2 Å². The molecule has 0 radical (unpaired) electrons. The van der Waals surface area contributed by atoms with E-state index in [1.807, 2.05) is 19.1 Å². The molecule has 0 fully saturated rings. The van der Waals surface area contributed by atoms with Gasteiger partial charge in [0.15, 0.2) is 5.78 Å². The summed E-state index contributed by atoms with van der Waals surface area (Å²) in [5, 5.41) is 10.2. The molecule has 2 rings (SSSR count). The molecule has 3 N–H and O–H groups in total. The summed E-state index contributed by atoms with van der Waals surface area (Å²) in [5.74, 6) is -2.57. The molecular formula is C19H21F3N2O2. The van der Waals surface area contributed by atoms with Crippen LogP contribution in [-0.2, 0) is 4.79 Å². The molecule has 0 saturated carbocycles. The molecule has 7 heteroatoms. The van der Waals surface area contributed by atoms with Gasteiger partial charge in [0.25, 0.3) is 6.43 Å². The maximum Gasteiger partial charge on any atom is 0.295 e. The van der Waals surface area contributed by atoms with Crippen LogP contribution in [0.2, 0.25) is 0 Å². The van der Waals surface area contributed by atoms with Crippen LogP contribution in [0, 0.1) is 5.92 Å². The van der Waals surface area contributed by atoms with Crippen molar-refractivity contribution in [3.8, 4) is 11.1 Å². The first-order valence-electron chi connectivity index (χ1n) is 8.20. The number of aromatic nitrogens is 1. The van der Waals surface area contributed by atoms with Gasteiger partial charge in [-0.15, -0.1) is 0 Å². The topological polar surface area (TPSA) is 76.2 Å². The van der Waals surface area contributed by atoms with Crippen molar-refractivity contribution in [2.24, 2.45) is 11.7 Å². The van der Waals surface area contributed by atoms with Crippen molar-refractivity contribution in [2.75, 3.05) is 6.67 Å². The zero-order valence-corrected chi connectivity index (χ0v) is 14.3. The van der Waals surface area contributed by atoms with Crippen molar-refractivity contribution in [3.63, 3.8) is 0 Å². The van der Waals surface area contributed by atoms with Gasteiger partial charge in [-0.25, -0.2) is 8.78 Å². The molecule has 0 bridgehead atoms. The third kappa shape index (κ3) is 4.89. The minimum atomic E-state index is -3.16. The quantitative estimate of drug-likeness (QED) is 0.748. The van der Waals surface area contributed by atoms with Crippen LogP contribution in [0.25, 0.3) is 11.1 Å². The van der Waals surface area contributed by atoms with E-state index in [2.05, 4.69) is 4.98 Å². The summed E-state index contributed by atoms with van der Waals surface area (Å²) >= 11 is 0. The fourth-order valence-electron chi connectivity index (χ4n) is 2.59. The van der Waals surface area contributed by atoms with Crippen LogP contribution in [0.15, 0.2) is 42.6 Å². The number of nitrogens with two attached hydrogens (primary N) is 1. The Morgan fingerprint density at radius 2 is 1.77 bits per heavy atom. The number of carbonyl (C=O) groups is 1. The molecule has 3 atom stereocenters. The van der Waals surface area contributed by atoms with E-state index in [1.54, 1.807) is 30.5 Å². The highest BCUT2D eigenvalue weighted by molar-refractivity contribution is 5.81. The summed E-state index contributed by atoms with van der Waals surface area (Å²) in [6.07, 6.45) is -3.53. The highest BCUT2D eigenvalue weighted by Crippen LogP contribution is 2.28. The monoisotopic (exact) mass is 366 g/mol. The van der Waals surface area contributed by atoms with Crippen molar-refractivity contribution in [1.29, 1.82) is 0 Å². The predicted molar refractivity (Wildman–Crippen MR) is 92.3 cm³/mol. The standard InChI is InChI=1S/C19H21F3N2O2/c1-11(23)16-7-6-14(10-24-16)12-2-4-13(5-3-12)18(26)15(9-20)8-17(25)19(21)22/h2-7,10-11,15,18-19,26H,8-9,23H2,1H3/t11?,15-,18+/m0/s1. The van der Waals surface area contributed by atoms with E-state index in [0.717, 1.165) is 16.8 Å². The van der Waals surface area contributed by atoms with Crippen molar-refractivity contribution < 1.29 is 23.1 Å². The van der Waals surface area contributed by atoms with E-state index < -0.39 is 37.3 Å². The van der Waals surface area contributed by atoms with E-state index in [0.29, 0.717) is 5.56 Å². The molecule has 0 amide bonds. The number of Topliss-reactive ketones (excluding diaryl/α,β-unsaturated/α-hetero) is 1. The highest BCUT2D eigenvalue weighted by atomic mass is 19.3. The van der Waals surface area contributed by atoms with Crippen LogP contribution >= 0.6 is 0 Å². The fraction of sp³-hybridized carbons (Fsp3) is 0.368. The SMILES string of the molecule is CC(N)c1ccc(-c2ccc([C@@H](O)[C@H](CF)CC(=O)C(F)F)cc2)cn1. The van der Waals surface area contributed by atoms with Crippen LogP contribution < -0.4 is 5.73 Å². The highest BCUT2D eigenvalue weighted by Gasteiger charge is 2.27. The number of halogens is 3. The summed E-state index contributed by atoms with van der Waals surface area (Å²) in [6, 6.07) is 10.1. The third-order valence-electron chi connectivity index (χ3n) is 4.19. The van der Waals surface area contributed by atoms with Gasteiger partial charge in [0.05, 0.1) is 18.5 Å². The average Bonchev–Trinajstić information content (AvgIpc) is 2.65. The molecule has 0 saturated heterocycles. The van der Waals surface area contributed by atoms with E-state index in [1.165, 1.54) is 0 Å². The van der Waals surface area contributed by atoms with Gasteiger partial charge in [0.2, 0.25) is 0 Å². The molecular weight excluding hydrogens is 345 g/mol. The molecule has 26 heavy (non-hydrogen) atoms. The number of aliphatic hydroxyl groups is 1. The average molecular weight is 366 g/mol. The lowest BCUT2D eigenvalue weighted by atomic mass is 9.91. The summed E-state index contributed by atoms with van der Waals surface area (Å²) in [7, 11) is 0. The Morgan fingerprint density at radius 3 is 2.23 bits per heavy atom. The van der Waals surface area contributed by atoms with E-state index in [9.17, 15) is 23.1 Å². The number of hydrogen-bond donors (Lipinski definition) is 2. The maximum atomic E-state index is 13.1. The Kier molecular flexibility index (Phi) is 6.88.